The van der Waals surface area contributed by atoms with Gasteiger partial charge >= 0.3 is 0 Å². The van der Waals surface area contributed by atoms with Crippen LogP contribution in [0.5, 0.6) is 5.75 Å². The van der Waals surface area contributed by atoms with Crippen LogP contribution in [0.1, 0.15) is 12.0 Å². The van der Waals surface area contributed by atoms with Gasteiger partial charge in [-0.3, -0.25) is 0 Å². The minimum Gasteiger partial charge on any atom is -0.497 e. The molecule has 0 aromatic heterocycles. The standard InChI is InChI=1S/C13H19NO4S/c1-17-12-4-2-10(3-5-12)8-11-9-18-7-6-13(11)19(14,15)16/h2-5,11,13H,6-9H2,1H3,(H2,14,15,16)/t11-,13+/m1/s1. The molecule has 1 fully saturated rings. The lowest BCUT2D eigenvalue weighted by atomic mass is 9.93. The van der Waals surface area contributed by atoms with Gasteiger partial charge in [0.25, 0.3) is 0 Å². The zero-order valence-corrected chi connectivity index (χ0v) is 11.7. The minimum atomic E-state index is -3.51. The smallest absolute Gasteiger partial charge is 0.212 e. The summed E-state index contributed by atoms with van der Waals surface area (Å²) in [5.74, 6) is 0.698. The average molecular weight is 285 g/mol. The molecule has 1 aliphatic rings. The summed E-state index contributed by atoms with van der Waals surface area (Å²) < 4.78 is 33.7. The maximum absolute atomic E-state index is 11.6. The Morgan fingerprint density at radius 2 is 2.05 bits per heavy atom. The van der Waals surface area contributed by atoms with Gasteiger partial charge in [-0.1, -0.05) is 12.1 Å². The van der Waals surface area contributed by atoms with Crippen LogP contribution in [-0.4, -0.2) is 34.0 Å². The summed E-state index contributed by atoms with van der Waals surface area (Å²) in [5, 5.41) is 4.79. The number of primary sulfonamides is 1. The Labute approximate surface area is 113 Å². The quantitative estimate of drug-likeness (QED) is 0.892. The van der Waals surface area contributed by atoms with Gasteiger partial charge in [-0.15, -0.1) is 0 Å². The number of sulfonamides is 1. The average Bonchev–Trinajstić information content (AvgIpc) is 2.39. The third kappa shape index (κ3) is 3.68. The maximum Gasteiger partial charge on any atom is 0.212 e. The molecule has 0 bridgehead atoms. The van der Waals surface area contributed by atoms with E-state index in [0.717, 1.165) is 11.3 Å². The van der Waals surface area contributed by atoms with Crippen molar-refractivity contribution in [3.63, 3.8) is 0 Å². The van der Waals surface area contributed by atoms with Crippen molar-refractivity contribution in [2.75, 3.05) is 20.3 Å². The number of hydrogen-bond acceptors (Lipinski definition) is 4. The number of ether oxygens (including phenoxy) is 2. The fourth-order valence-electron chi connectivity index (χ4n) is 2.46. The number of methoxy groups -OCH3 is 1. The molecule has 2 rings (SSSR count). The predicted molar refractivity (Wildman–Crippen MR) is 72.5 cm³/mol. The van der Waals surface area contributed by atoms with Crippen molar-refractivity contribution in [1.82, 2.24) is 0 Å². The molecular weight excluding hydrogens is 266 g/mol. The second-order valence-electron chi connectivity index (χ2n) is 4.80. The van der Waals surface area contributed by atoms with Crippen molar-refractivity contribution >= 4 is 10.0 Å². The van der Waals surface area contributed by atoms with Crippen LogP contribution in [0.15, 0.2) is 24.3 Å². The molecule has 0 saturated carbocycles. The normalized spacial score (nSPS) is 24.1. The molecular formula is C13H19NO4S. The lowest BCUT2D eigenvalue weighted by Gasteiger charge is -2.29. The van der Waals surface area contributed by atoms with Gasteiger partial charge in [0.2, 0.25) is 10.0 Å². The molecule has 5 nitrogen and oxygen atoms in total. The Hall–Kier alpha value is -1.11. The monoisotopic (exact) mass is 285 g/mol. The van der Waals surface area contributed by atoms with E-state index in [0.29, 0.717) is 26.1 Å². The molecule has 1 aromatic rings. The van der Waals surface area contributed by atoms with Gasteiger partial charge in [0, 0.05) is 12.5 Å². The Bertz CT molecular complexity index is 512. The van der Waals surface area contributed by atoms with Crippen LogP contribution in [0.4, 0.5) is 0 Å². The van der Waals surface area contributed by atoms with Crippen LogP contribution in [0.3, 0.4) is 0 Å². The van der Waals surface area contributed by atoms with E-state index in [1.807, 2.05) is 24.3 Å². The van der Waals surface area contributed by atoms with E-state index in [1.165, 1.54) is 0 Å². The van der Waals surface area contributed by atoms with E-state index >= 15 is 0 Å². The molecule has 0 aliphatic carbocycles. The fourth-order valence-corrected chi connectivity index (χ4v) is 3.60. The second kappa shape index (κ2) is 5.90. The van der Waals surface area contributed by atoms with Crippen molar-refractivity contribution < 1.29 is 17.9 Å². The number of hydrogen-bond donors (Lipinski definition) is 1. The number of nitrogens with two attached hydrogens (primary N) is 1. The van der Waals surface area contributed by atoms with Crippen LogP contribution in [0.25, 0.3) is 0 Å². The maximum atomic E-state index is 11.6. The summed E-state index contributed by atoms with van der Waals surface area (Å²) in [6.45, 7) is 0.896. The summed E-state index contributed by atoms with van der Waals surface area (Å²) >= 11 is 0. The molecule has 0 amide bonds. The van der Waals surface area contributed by atoms with Gasteiger partial charge in [-0.05, 0) is 30.5 Å². The molecule has 0 spiro atoms. The molecule has 106 valence electrons. The van der Waals surface area contributed by atoms with Crippen molar-refractivity contribution in [2.45, 2.75) is 18.1 Å². The van der Waals surface area contributed by atoms with Gasteiger partial charge < -0.3 is 9.47 Å². The largest absolute Gasteiger partial charge is 0.497 e. The second-order valence-corrected chi connectivity index (χ2v) is 6.59. The molecule has 2 atom stereocenters. The molecule has 0 unspecified atom stereocenters. The highest BCUT2D eigenvalue weighted by Crippen LogP contribution is 2.25. The molecule has 1 heterocycles. The van der Waals surface area contributed by atoms with Crippen LogP contribution >= 0.6 is 0 Å². The fraction of sp³-hybridized carbons (Fsp3) is 0.538. The molecule has 2 N–H and O–H groups in total. The highest BCUT2D eigenvalue weighted by molar-refractivity contribution is 7.89. The topological polar surface area (TPSA) is 78.6 Å². The zero-order valence-electron chi connectivity index (χ0n) is 10.9. The lowest BCUT2D eigenvalue weighted by molar-refractivity contribution is 0.0572. The summed E-state index contributed by atoms with van der Waals surface area (Å²) in [4.78, 5) is 0. The van der Waals surface area contributed by atoms with Crippen molar-refractivity contribution in [3.05, 3.63) is 29.8 Å². The minimum absolute atomic E-state index is 0.0860. The summed E-state index contributed by atoms with van der Waals surface area (Å²) in [6, 6.07) is 7.61. The predicted octanol–water partition coefficient (Wildman–Crippen LogP) is 0.931. The third-order valence-electron chi connectivity index (χ3n) is 3.48. The Morgan fingerprint density at radius 3 is 2.63 bits per heavy atom. The number of rotatable bonds is 4. The van der Waals surface area contributed by atoms with E-state index in [-0.39, 0.29) is 5.92 Å². The Kier molecular flexibility index (Phi) is 4.44. The van der Waals surface area contributed by atoms with Gasteiger partial charge in [-0.2, -0.15) is 0 Å². The number of benzene rings is 1. The van der Waals surface area contributed by atoms with E-state index in [9.17, 15) is 8.42 Å². The van der Waals surface area contributed by atoms with Crippen LogP contribution in [-0.2, 0) is 21.2 Å². The molecule has 1 aromatic carbocycles. The molecule has 0 radical (unpaired) electrons. The highest BCUT2D eigenvalue weighted by Gasteiger charge is 2.33. The lowest BCUT2D eigenvalue weighted by Crippen LogP contribution is -2.42. The first-order valence-electron chi connectivity index (χ1n) is 6.23. The zero-order chi connectivity index (χ0) is 13.9. The summed E-state index contributed by atoms with van der Waals surface area (Å²) in [5.41, 5.74) is 1.06. The van der Waals surface area contributed by atoms with Crippen molar-refractivity contribution in [1.29, 1.82) is 0 Å². The molecule has 1 saturated heterocycles. The summed E-state index contributed by atoms with van der Waals surface area (Å²) in [6.07, 6.45) is 1.12. The van der Waals surface area contributed by atoms with E-state index in [1.54, 1.807) is 7.11 Å². The first kappa shape index (κ1) is 14.3. The highest BCUT2D eigenvalue weighted by atomic mass is 32.2. The molecule has 19 heavy (non-hydrogen) atoms. The van der Waals surface area contributed by atoms with Crippen LogP contribution < -0.4 is 9.88 Å². The van der Waals surface area contributed by atoms with Gasteiger partial charge in [0.1, 0.15) is 5.75 Å². The van der Waals surface area contributed by atoms with Crippen molar-refractivity contribution in [2.24, 2.45) is 11.1 Å². The Balaban J connectivity index is 2.10. The van der Waals surface area contributed by atoms with Gasteiger partial charge in [0.05, 0.1) is 19.0 Å². The Morgan fingerprint density at radius 1 is 1.37 bits per heavy atom. The first-order valence-corrected chi connectivity index (χ1v) is 7.84. The summed E-state index contributed by atoms with van der Waals surface area (Å²) in [7, 11) is -1.90. The van der Waals surface area contributed by atoms with E-state index < -0.39 is 15.3 Å². The van der Waals surface area contributed by atoms with E-state index in [2.05, 4.69) is 0 Å². The van der Waals surface area contributed by atoms with Crippen molar-refractivity contribution in [3.8, 4) is 5.75 Å². The van der Waals surface area contributed by atoms with Gasteiger partial charge in [0.15, 0.2) is 0 Å². The van der Waals surface area contributed by atoms with Gasteiger partial charge in [-0.25, -0.2) is 13.6 Å². The first-order chi connectivity index (χ1) is 9.00. The third-order valence-corrected chi connectivity index (χ3v) is 4.95. The molecule has 6 heteroatoms. The van der Waals surface area contributed by atoms with Crippen LogP contribution in [0, 0.1) is 5.92 Å². The van der Waals surface area contributed by atoms with E-state index in [4.69, 9.17) is 14.6 Å². The molecule has 1 aliphatic heterocycles. The SMILES string of the molecule is COc1ccc(C[C@@H]2COCC[C@@H]2S(N)(=O)=O)cc1. The van der Waals surface area contributed by atoms with Crippen LogP contribution in [0.2, 0.25) is 0 Å².